The van der Waals surface area contributed by atoms with Gasteiger partial charge in [-0.05, 0) is 54.4 Å². The van der Waals surface area contributed by atoms with Gasteiger partial charge in [0.2, 0.25) is 5.91 Å². The number of nitrogens with zero attached hydrogens (tertiary/aromatic N) is 2. The maximum Gasteiger partial charge on any atom is 0.696 e. The standard InChI is InChI=1S/C22H21N4O7PS2/c1-26(11-14-4-6-18(27)22-17(14)3-2-8-23-22)12-20(28)25-16-5-7-19-15(9-16)10-21(35-19)36(31,32)24-13-33-34(29)30/h2-10,24H,11-13H2,1H3,(H2-,25,27,28,29,30)/p+1. The number of phenolic OH excluding ortho intramolecular Hbond substituents is 1. The lowest BCUT2D eigenvalue weighted by molar-refractivity contribution is -0.117. The Morgan fingerprint density at radius 2 is 2.03 bits per heavy atom. The Bertz CT molecular complexity index is 1560. The second-order valence-electron chi connectivity index (χ2n) is 7.84. The number of anilines is 1. The minimum atomic E-state index is -3.93. The van der Waals surface area contributed by atoms with Gasteiger partial charge in [0.25, 0.3) is 10.0 Å². The summed E-state index contributed by atoms with van der Waals surface area (Å²) in [5.41, 5.74) is 1.94. The number of fused-ring (bicyclic) bond motifs is 2. The van der Waals surface area contributed by atoms with Crippen molar-refractivity contribution in [1.82, 2.24) is 14.6 Å². The van der Waals surface area contributed by atoms with Crippen LogP contribution in [0, 0.1) is 0 Å². The fourth-order valence-electron chi connectivity index (χ4n) is 3.61. The molecule has 14 heteroatoms. The van der Waals surface area contributed by atoms with Gasteiger partial charge in [0, 0.05) is 33.1 Å². The number of thiophene rings is 1. The largest absolute Gasteiger partial charge is 0.696 e. The summed E-state index contributed by atoms with van der Waals surface area (Å²) in [5.74, 6) is -0.154. The van der Waals surface area contributed by atoms with E-state index in [2.05, 4.69) is 19.5 Å². The first-order valence-electron chi connectivity index (χ1n) is 10.5. The van der Waals surface area contributed by atoms with E-state index in [1.54, 1.807) is 49.6 Å². The lowest BCUT2D eigenvalue weighted by atomic mass is 10.1. The van der Waals surface area contributed by atoms with Crippen molar-refractivity contribution in [2.24, 2.45) is 0 Å². The second-order valence-corrected chi connectivity index (χ2v) is 11.7. The first-order valence-corrected chi connectivity index (χ1v) is 13.9. The number of nitrogens with one attached hydrogen (secondary N) is 2. The third kappa shape index (κ3) is 6.20. The SMILES string of the molecule is CN(CC(=O)Nc1ccc2sc(S(=O)(=O)NCO[P+](=O)O)cc2c1)Cc1ccc(O)c2ncccc12. The Morgan fingerprint density at radius 3 is 2.81 bits per heavy atom. The molecule has 11 nitrogen and oxygen atoms in total. The molecule has 0 saturated carbocycles. The molecule has 0 spiro atoms. The first kappa shape index (κ1) is 26.0. The predicted octanol–water partition coefficient (Wildman–Crippen LogP) is 3.13. The maximum absolute atomic E-state index is 12.6. The van der Waals surface area contributed by atoms with Crippen molar-refractivity contribution in [2.75, 3.05) is 25.6 Å². The molecule has 0 saturated heterocycles. The zero-order chi connectivity index (χ0) is 25.9. The minimum absolute atomic E-state index is 0.00749. The Labute approximate surface area is 211 Å². The van der Waals surface area contributed by atoms with Crippen molar-refractivity contribution in [3.63, 3.8) is 0 Å². The van der Waals surface area contributed by atoms with Crippen LogP contribution >= 0.6 is 19.6 Å². The van der Waals surface area contributed by atoms with Crippen LogP contribution in [0.3, 0.4) is 0 Å². The number of carbonyl (C=O) groups is 1. The number of likely N-dealkylation sites (N-methyl/N-ethyl adjacent to an activating group) is 1. The number of hydrogen-bond acceptors (Lipinski definition) is 9. The van der Waals surface area contributed by atoms with Gasteiger partial charge in [-0.2, -0.15) is 4.72 Å². The topological polar surface area (TPSA) is 158 Å². The molecule has 2 aromatic heterocycles. The molecule has 0 aliphatic heterocycles. The van der Waals surface area contributed by atoms with Crippen LogP contribution in [-0.2, 0) is 30.5 Å². The van der Waals surface area contributed by atoms with Gasteiger partial charge in [-0.3, -0.25) is 14.7 Å². The number of amides is 1. The minimum Gasteiger partial charge on any atom is -0.506 e. The van der Waals surface area contributed by atoms with E-state index in [0.717, 1.165) is 22.3 Å². The molecule has 0 bridgehead atoms. The molecule has 0 aliphatic rings. The van der Waals surface area contributed by atoms with Crippen LogP contribution in [0.25, 0.3) is 21.0 Å². The van der Waals surface area contributed by atoms with Crippen molar-refractivity contribution < 1.29 is 32.3 Å². The summed E-state index contributed by atoms with van der Waals surface area (Å²) >= 11 is 1.02. The zero-order valence-electron chi connectivity index (χ0n) is 18.9. The Morgan fingerprint density at radius 1 is 1.22 bits per heavy atom. The summed E-state index contributed by atoms with van der Waals surface area (Å²) in [5, 5.41) is 14.3. The highest BCUT2D eigenvalue weighted by Gasteiger charge is 2.21. The molecule has 4 aromatic rings. The first-order chi connectivity index (χ1) is 17.1. The molecule has 2 heterocycles. The van der Waals surface area contributed by atoms with Gasteiger partial charge >= 0.3 is 8.25 Å². The number of benzene rings is 2. The van der Waals surface area contributed by atoms with Gasteiger partial charge in [-0.1, -0.05) is 12.1 Å². The van der Waals surface area contributed by atoms with Crippen molar-refractivity contribution in [3.05, 3.63) is 60.3 Å². The van der Waals surface area contributed by atoms with E-state index >= 15 is 0 Å². The van der Waals surface area contributed by atoms with E-state index in [-0.39, 0.29) is 22.4 Å². The molecule has 2 aromatic carbocycles. The maximum atomic E-state index is 12.6. The molecule has 0 aliphatic carbocycles. The van der Waals surface area contributed by atoms with Crippen LogP contribution in [0.15, 0.2) is 58.9 Å². The summed E-state index contributed by atoms with van der Waals surface area (Å²) < 4.78 is 42.4. The third-order valence-corrected chi connectivity index (χ3v) is 8.47. The Kier molecular flexibility index (Phi) is 7.91. The number of phenols is 1. The summed E-state index contributed by atoms with van der Waals surface area (Å²) in [4.78, 5) is 27.3. The summed E-state index contributed by atoms with van der Waals surface area (Å²) in [7, 11) is -5.04. The molecule has 1 amide bonds. The lowest BCUT2D eigenvalue weighted by Gasteiger charge is -2.18. The number of rotatable bonds is 10. The number of hydrogen-bond donors (Lipinski definition) is 4. The number of pyridine rings is 1. The second kappa shape index (κ2) is 10.9. The normalized spacial score (nSPS) is 12.4. The molecule has 0 fully saturated rings. The van der Waals surface area contributed by atoms with Crippen molar-refractivity contribution in [1.29, 1.82) is 0 Å². The molecular weight excluding hydrogens is 527 g/mol. The van der Waals surface area contributed by atoms with Crippen LogP contribution < -0.4 is 10.0 Å². The molecule has 1 unspecified atom stereocenters. The number of carbonyl (C=O) groups excluding carboxylic acids is 1. The summed E-state index contributed by atoms with van der Waals surface area (Å²) in [6, 6.07) is 13.5. The number of aromatic nitrogens is 1. The molecule has 4 rings (SSSR count). The van der Waals surface area contributed by atoms with Crippen molar-refractivity contribution in [2.45, 2.75) is 10.8 Å². The third-order valence-electron chi connectivity index (χ3n) is 5.16. The van der Waals surface area contributed by atoms with Gasteiger partial charge in [0.05, 0.1) is 6.54 Å². The van der Waals surface area contributed by atoms with E-state index < -0.39 is 25.0 Å². The Hall–Kier alpha value is -3.03. The Balaban J connectivity index is 1.40. The molecule has 1 atom stereocenters. The van der Waals surface area contributed by atoms with Gasteiger partial charge in [-0.25, -0.2) is 8.42 Å². The van der Waals surface area contributed by atoms with E-state index in [0.29, 0.717) is 27.8 Å². The van der Waals surface area contributed by atoms with Gasteiger partial charge in [0.15, 0.2) is 6.73 Å². The monoisotopic (exact) mass is 549 g/mol. The van der Waals surface area contributed by atoms with Crippen LogP contribution in [0.1, 0.15) is 5.56 Å². The van der Waals surface area contributed by atoms with Crippen LogP contribution in [0.2, 0.25) is 0 Å². The fraction of sp³-hybridized carbons (Fsp3) is 0.182. The van der Waals surface area contributed by atoms with E-state index in [4.69, 9.17) is 4.89 Å². The van der Waals surface area contributed by atoms with Crippen molar-refractivity contribution >= 4 is 62.2 Å². The van der Waals surface area contributed by atoms with Crippen LogP contribution in [0.5, 0.6) is 5.75 Å². The summed E-state index contributed by atoms with van der Waals surface area (Å²) in [6.07, 6.45) is 1.61. The van der Waals surface area contributed by atoms with Crippen molar-refractivity contribution in [3.8, 4) is 5.75 Å². The average molecular weight is 550 g/mol. The highest BCUT2D eigenvalue weighted by Crippen LogP contribution is 2.31. The fourth-order valence-corrected chi connectivity index (χ4v) is 6.17. The molecule has 0 radical (unpaired) electrons. The predicted molar refractivity (Wildman–Crippen MR) is 136 cm³/mol. The van der Waals surface area contributed by atoms with Gasteiger partial charge in [0.1, 0.15) is 15.5 Å². The number of sulfonamides is 1. The molecule has 36 heavy (non-hydrogen) atoms. The highest BCUT2D eigenvalue weighted by atomic mass is 32.2. The smallest absolute Gasteiger partial charge is 0.506 e. The summed E-state index contributed by atoms with van der Waals surface area (Å²) in [6.45, 7) is -0.0730. The van der Waals surface area contributed by atoms with Crippen LogP contribution in [-0.4, -0.2) is 54.5 Å². The van der Waals surface area contributed by atoms with Gasteiger partial charge < -0.3 is 10.4 Å². The molecule has 4 N–H and O–H groups in total. The van der Waals surface area contributed by atoms with Gasteiger partial charge in [-0.15, -0.1) is 20.8 Å². The van der Waals surface area contributed by atoms with Crippen LogP contribution in [0.4, 0.5) is 5.69 Å². The lowest BCUT2D eigenvalue weighted by Crippen LogP contribution is -2.29. The molecular formula is C22H22N4O7PS2+. The zero-order valence-corrected chi connectivity index (χ0v) is 21.4. The quantitative estimate of drug-likeness (QED) is 0.172. The van der Waals surface area contributed by atoms with E-state index in [1.807, 2.05) is 11.0 Å². The number of aromatic hydroxyl groups is 1. The van der Waals surface area contributed by atoms with E-state index in [1.165, 1.54) is 6.07 Å². The van der Waals surface area contributed by atoms with E-state index in [9.17, 15) is 22.9 Å². The average Bonchev–Trinajstić information content (AvgIpc) is 3.25. The highest BCUT2D eigenvalue weighted by molar-refractivity contribution is 7.91. The molecule has 188 valence electrons.